The maximum absolute atomic E-state index is 12.4. The third-order valence-corrected chi connectivity index (χ3v) is 3.41. The van der Waals surface area contributed by atoms with Crippen molar-refractivity contribution >= 4 is 17.5 Å². The Morgan fingerprint density at radius 1 is 1.17 bits per heavy atom. The first kappa shape index (κ1) is 15.6. The van der Waals surface area contributed by atoms with Crippen LogP contribution in [0.25, 0.3) is 0 Å². The Labute approximate surface area is 110 Å². The van der Waals surface area contributed by atoms with E-state index in [1.165, 1.54) is 0 Å². The first-order valence-electron chi connectivity index (χ1n) is 6.35. The second-order valence-corrected chi connectivity index (χ2v) is 5.13. The van der Waals surface area contributed by atoms with Crippen LogP contribution < -0.4 is 0 Å². The molecule has 0 aromatic carbocycles. The zero-order valence-corrected chi connectivity index (χ0v) is 11.1. The van der Waals surface area contributed by atoms with Crippen LogP contribution in [0.1, 0.15) is 38.5 Å². The molecule has 1 amide bonds. The van der Waals surface area contributed by atoms with E-state index in [1.807, 2.05) is 0 Å². The third-order valence-electron chi connectivity index (χ3n) is 3.24. The molecule has 6 heteroatoms. The summed E-state index contributed by atoms with van der Waals surface area (Å²) in [6.45, 7) is -1.22. The van der Waals surface area contributed by atoms with E-state index < -0.39 is 12.7 Å². The van der Waals surface area contributed by atoms with Crippen molar-refractivity contribution in [1.29, 1.82) is 0 Å². The van der Waals surface area contributed by atoms with Gasteiger partial charge in [0.1, 0.15) is 6.54 Å². The minimum absolute atomic E-state index is 0.0314. The molecule has 0 N–H and O–H groups in total. The highest BCUT2D eigenvalue weighted by Crippen LogP contribution is 2.26. The molecule has 0 heterocycles. The van der Waals surface area contributed by atoms with Gasteiger partial charge in [-0.15, -0.1) is 11.6 Å². The fourth-order valence-electron chi connectivity index (χ4n) is 2.37. The average Bonchev–Trinajstić information content (AvgIpc) is 2.54. The first-order valence-corrected chi connectivity index (χ1v) is 6.89. The highest BCUT2D eigenvalue weighted by Gasteiger charge is 2.35. The van der Waals surface area contributed by atoms with Gasteiger partial charge in [-0.1, -0.05) is 25.7 Å². The zero-order chi connectivity index (χ0) is 13.6. The number of halogens is 4. The summed E-state index contributed by atoms with van der Waals surface area (Å²) in [4.78, 5) is 13.0. The number of alkyl halides is 4. The van der Waals surface area contributed by atoms with E-state index in [1.54, 1.807) is 0 Å². The van der Waals surface area contributed by atoms with Crippen LogP contribution in [-0.2, 0) is 4.79 Å². The number of carbonyl (C=O) groups excluding carboxylic acids is 1. The second-order valence-electron chi connectivity index (χ2n) is 4.75. The highest BCUT2D eigenvalue weighted by atomic mass is 35.5. The van der Waals surface area contributed by atoms with Crippen molar-refractivity contribution in [2.75, 3.05) is 19.0 Å². The van der Waals surface area contributed by atoms with Crippen LogP contribution in [0.3, 0.4) is 0 Å². The monoisotopic (exact) mass is 285 g/mol. The summed E-state index contributed by atoms with van der Waals surface area (Å²) in [5, 5.41) is 0. The molecule has 0 aromatic rings. The molecule has 1 saturated carbocycles. The van der Waals surface area contributed by atoms with E-state index in [0.29, 0.717) is 12.8 Å². The molecule has 1 aliphatic rings. The molecule has 0 radical (unpaired) electrons. The van der Waals surface area contributed by atoms with Crippen LogP contribution in [0, 0.1) is 5.92 Å². The molecule has 1 aliphatic carbocycles. The van der Waals surface area contributed by atoms with Gasteiger partial charge in [-0.2, -0.15) is 13.2 Å². The van der Waals surface area contributed by atoms with E-state index in [9.17, 15) is 18.0 Å². The Balaban J connectivity index is 2.62. The quantitative estimate of drug-likeness (QED) is 0.571. The summed E-state index contributed by atoms with van der Waals surface area (Å²) >= 11 is 5.48. The van der Waals surface area contributed by atoms with Crippen LogP contribution in [0.5, 0.6) is 0 Å². The fraction of sp³-hybridized carbons (Fsp3) is 0.917. The van der Waals surface area contributed by atoms with Crippen LogP contribution in [-0.4, -0.2) is 36.0 Å². The van der Waals surface area contributed by atoms with Gasteiger partial charge in [0.15, 0.2) is 0 Å². The summed E-state index contributed by atoms with van der Waals surface area (Å²) in [6, 6.07) is 0. The number of nitrogens with zero attached hydrogens (tertiary/aromatic N) is 1. The van der Waals surface area contributed by atoms with Gasteiger partial charge in [0.2, 0.25) is 5.91 Å². The molecule has 0 spiro atoms. The molecule has 1 fully saturated rings. The van der Waals surface area contributed by atoms with E-state index in [4.69, 9.17) is 11.6 Å². The molecule has 1 rings (SSSR count). The molecule has 0 saturated heterocycles. The number of carbonyl (C=O) groups is 1. The predicted molar refractivity (Wildman–Crippen MR) is 64.5 cm³/mol. The van der Waals surface area contributed by atoms with Gasteiger partial charge < -0.3 is 4.90 Å². The van der Waals surface area contributed by atoms with Crippen LogP contribution in [0.15, 0.2) is 0 Å². The maximum Gasteiger partial charge on any atom is 0.406 e. The van der Waals surface area contributed by atoms with Crippen molar-refractivity contribution in [3.8, 4) is 0 Å². The summed E-state index contributed by atoms with van der Waals surface area (Å²) < 4.78 is 37.2. The number of amides is 1. The number of hydrogen-bond acceptors (Lipinski definition) is 1. The van der Waals surface area contributed by atoms with Gasteiger partial charge in [0.05, 0.1) is 0 Å². The van der Waals surface area contributed by atoms with E-state index in [0.717, 1.165) is 30.6 Å². The Bertz CT molecular complexity index is 263. The van der Waals surface area contributed by atoms with Gasteiger partial charge in [-0.05, 0) is 12.8 Å². The number of hydrogen-bond donors (Lipinski definition) is 0. The van der Waals surface area contributed by atoms with Gasteiger partial charge in [-0.3, -0.25) is 4.79 Å². The van der Waals surface area contributed by atoms with Crippen LogP contribution >= 0.6 is 11.6 Å². The van der Waals surface area contributed by atoms with Gasteiger partial charge in [0, 0.05) is 18.3 Å². The SMILES string of the molecule is O=C(C1CCCCCC1)N(CCCl)CC(F)(F)F. The molecule has 0 atom stereocenters. The number of rotatable bonds is 4. The van der Waals surface area contributed by atoms with Crippen molar-refractivity contribution < 1.29 is 18.0 Å². The Morgan fingerprint density at radius 3 is 2.17 bits per heavy atom. The second kappa shape index (κ2) is 7.22. The molecule has 18 heavy (non-hydrogen) atoms. The molecule has 0 bridgehead atoms. The van der Waals surface area contributed by atoms with Gasteiger partial charge in [0.25, 0.3) is 0 Å². The summed E-state index contributed by atoms with van der Waals surface area (Å²) in [7, 11) is 0. The van der Waals surface area contributed by atoms with E-state index in [-0.39, 0.29) is 24.2 Å². The van der Waals surface area contributed by atoms with Crippen molar-refractivity contribution in [3.63, 3.8) is 0 Å². The Morgan fingerprint density at radius 2 is 1.72 bits per heavy atom. The lowest BCUT2D eigenvalue weighted by Gasteiger charge is -2.27. The van der Waals surface area contributed by atoms with Crippen LogP contribution in [0.2, 0.25) is 0 Å². The normalized spacial score (nSPS) is 18.4. The highest BCUT2D eigenvalue weighted by molar-refractivity contribution is 6.18. The van der Waals surface area contributed by atoms with E-state index >= 15 is 0 Å². The summed E-state index contributed by atoms with van der Waals surface area (Å²) in [5.74, 6) is -0.595. The molecule has 0 aromatic heterocycles. The van der Waals surface area contributed by atoms with Gasteiger partial charge in [-0.25, -0.2) is 0 Å². The fourth-order valence-corrected chi connectivity index (χ4v) is 2.57. The molecule has 0 unspecified atom stereocenters. The third kappa shape index (κ3) is 5.46. The van der Waals surface area contributed by atoms with Crippen molar-refractivity contribution in [2.24, 2.45) is 5.92 Å². The smallest absolute Gasteiger partial charge is 0.332 e. The molecule has 0 aliphatic heterocycles. The minimum atomic E-state index is -4.35. The average molecular weight is 286 g/mol. The van der Waals surface area contributed by atoms with Crippen LogP contribution in [0.4, 0.5) is 13.2 Å². The summed E-state index contributed by atoms with van der Waals surface area (Å²) in [6.07, 6.45) is 1.04. The molecule has 2 nitrogen and oxygen atoms in total. The topological polar surface area (TPSA) is 20.3 Å². The van der Waals surface area contributed by atoms with Crippen molar-refractivity contribution in [2.45, 2.75) is 44.7 Å². The summed E-state index contributed by atoms with van der Waals surface area (Å²) in [5.41, 5.74) is 0. The molecule has 106 valence electrons. The van der Waals surface area contributed by atoms with Gasteiger partial charge >= 0.3 is 6.18 Å². The maximum atomic E-state index is 12.4. The first-order chi connectivity index (χ1) is 8.44. The zero-order valence-electron chi connectivity index (χ0n) is 10.3. The molecular formula is C12H19ClF3NO. The largest absolute Gasteiger partial charge is 0.406 e. The van der Waals surface area contributed by atoms with Crippen molar-refractivity contribution in [3.05, 3.63) is 0 Å². The standard InChI is InChI=1S/C12H19ClF3NO/c13-7-8-17(9-12(14,15)16)11(18)10-5-3-1-2-4-6-10/h10H,1-9H2. The lowest BCUT2D eigenvalue weighted by atomic mass is 9.98. The Kier molecular flexibility index (Phi) is 6.26. The lowest BCUT2D eigenvalue weighted by Crippen LogP contribution is -2.43. The predicted octanol–water partition coefficient (Wildman–Crippen LogP) is 3.59. The van der Waals surface area contributed by atoms with E-state index in [2.05, 4.69) is 0 Å². The van der Waals surface area contributed by atoms with Crippen molar-refractivity contribution in [1.82, 2.24) is 4.90 Å². The molecular weight excluding hydrogens is 267 g/mol. The Hall–Kier alpha value is -0.450. The lowest BCUT2D eigenvalue weighted by molar-refractivity contribution is -0.163. The minimum Gasteiger partial charge on any atom is -0.332 e.